The van der Waals surface area contributed by atoms with E-state index in [0.717, 1.165) is 22.6 Å². The summed E-state index contributed by atoms with van der Waals surface area (Å²) < 4.78 is 5.14. The molecule has 0 aliphatic heterocycles. The smallest absolute Gasteiger partial charge is 0.167 e. The van der Waals surface area contributed by atoms with Gasteiger partial charge in [0.25, 0.3) is 0 Å². The fourth-order valence-corrected chi connectivity index (χ4v) is 1.30. The van der Waals surface area contributed by atoms with Crippen LogP contribution in [0.1, 0.15) is 11.3 Å². The molecule has 0 saturated heterocycles. The molecule has 72 valence electrons. The summed E-state index contributed by atoms with van der Waals surface area (Å²) in [7, 11) is 0. The average molecular weight is 188 g/mol. The van der Waals surface area contributed by atoms with Crippen LogP contribution in [0.4, 0.5) is 0 Å². The van der Waals surface area contributed by atoms with Gasteiger partial charge in [-0.25, -0.2) is 0 Å². The lowest BCUT2D eigenvalue weighted by Gasteiger charge is -1.97. The van der Waals surface area contributed by atoms with Crippen molar-refractivity contribution in [3.8, 4) is 11.3 Å². The Hall–Kier alpha value is -1.61. The van der Waals surface area contributed by atoms with Gasteiger partial charge in [-0.15, -0.1) is 0 Å². The zero-order chi connectivity index (χ0) is 9.97. The first-order valence-electron chi connectivity index (χ1n) is 4.52. The first-order chi connectivity index (χ1) is 6.79. The van der Waals surface area contributed by atoms with Crippen molar-refractivity contribution in [2.75, 3.05) is 0 Å². The minimum atomic E-state index is 0.565. The van der Waals surface area contributed by atoms with E-state index < -0.39 is 0 Å². The van der Waals surface area contributed by atoms with E-state index in [1.165, 1.54) is 0 Å². The molecule has 0 fully saturated rings. The summed E-state index contributed by atoms with van der Waals surface area (Å²) in [4.78, 5) is 0. The van der Waals surface area contributed by atoms with Gasteiger partial charge in [0.2, 0.25) is 0 Å². The lowest BCUT2D eigenvalue weighted by Crippen LogP contribution is -1.94. The van der Waals surface area contributed by atoms with Crippen molar-refractivity contribution in [3.63, 3.8) is 0 Å². The molecule has 1 heterocycles. The molecule has 2 aromatic rings. The van der Waals surface area contributed by atoms with Crippen molar-refractivity contribution < 1.29 is 4.52 Å². The molecular weight excluding hydrogens is 176 g/mol. The van der Waals surface area contributed by atoms with Gasteiger partial charge in [0, 0.05) is 18.2 Å². The highest BCUT2D eigenvalue weighted by molar-refractivity contribution is 5.57. The molecule has 3 heteroatoms. The van der Waals surface area contributed by atoms with Crippen LogP contribution in [-0.2, 0) is 6.54 Å². The number of aryl methyl sites for hydroxylation is 1. The first kappa shape index (κ1) is 8.97. The Labute approximate surface area is 82.5 Å². The number of benzene rings is 1. The molecule has 0 aliphatic rings. The van der Waals surface area contributed by atoms with Crippen LogP contribution >= 0.6 is 0 Å². The molecular formula is C11H12N2O. The molecule has 1 aromatic heterocycles. The van der Waals surface area contributed by atoms with Crippen LogP contribution in [0.25, 0.3) is 11.3 Å². The highest BCUT2D eigenvalue weighted by Crippen LogP contribution is 2.20. The summed E-state index contributed by atoms with van der Waals surface area (Å²) in [6.07, 6.45) is 0. The zero-order valence-electron chi connectivity index (χ0n) is 8.03. The van der Waals surface area contributed by atoms with Gasteiger partial charge in [0.15, 0.2) is 5.76 Å². The van der Waals surface area contributed by atoms with Crippen molar-refractivity contribution in [2.24, 2.45) is 5.73 Å². The number of rotatable bonds is 2. The maximum absolute atomic E-state index is 5.51. The summed E-state index contributed by atoms with van der Waals surface area (Å²) >= 11 is 0. The second-order valence-corrected chi connectivity index (χ2v) is 3.23. The second kappa shape index (κ2) is 3.64. The summed E-state index contributed by atoms with van der Waals surface area (Å²) in [5.41, 5.74) is 8.54. The summed E-state index contributed by atoms with van der Waals surface area (Å²) in [6.45, 7) is 2.47. The van der Waals surface area contributed by atoms with Crippen molar-refractivity contribution in [1.29, 1.82) is 0 Å². The van der Waals surface area contributed by atoms with E-state index >= 15 is 0 Å². The summed E-state index contributed by atoms with van der Waals surface area (Å²) in [5.74, 6) is 0.797. The standard InChI is InChI=1S/C11H12N2O/c1-8-6-11(14-13-8)10-4-2-9(7-12)3-5-10/h2-6H,7,12H2,1H3. The van der Waals surface area contributed by atoms with Crippen molar-refractivity contribution in [1.82, 2.24) is 5.16 Å². The molecule has 0 bridgehead atoms. The third kappa shape index (κ3) is 1.67. The highest BCUT2D eigenvalue weighted by Gasteiger charge is 2.03. The Balaban J connectivity index is 2.33. The van der Waals surface area contributed by atoms with Crippen LogP contribution in [0.15, 0.2) is 34.9 Å². The molecule has 2 rings (SSSR count). The third-order valence-electron chi connectivity index (χ3n) is 2.10. The van der Waals surface area contributed by atoms with Gasteiger partial charge >= 0.3 is 0 Å². The van der Waals surface area contributed by atoms with Crippen molar-refractivity contribution in [2.45, 2.75) is 13.5 Å². The molecule has 0 amide bonds. The Morgan fingerprint density at radius 1 is 1.29 bits per heavy atom. The molecule has 0 spiro atoms. The van der Waals surface area contributed by atoms with E-state index in [4.69, 9.17) is 10.3 Å². The summed E-state index contributed by atoms with van der Waals surface area (Å²) in [5, 5.41) is 3.84. The van der Waals surface area contributed by atoms with E-state index in [9.17, 15) is 0 Å². The normalized spacial score (nSPS) is 10.4. The lowest BCUT2D eigenvalue weighted by atomic mass is 10.1. The number of hydrogen-bond donors (Lipinski definition) is 1. The Morgan fingerprint density at radius 2 is 2.00 bits per heavy atom. The summed E-state index contributed by atoms with van der Waals surface area (Å²) in [6, 6.07) is 9.88. The Bertz CT molecular complexity index is 417. The van der Waals surface area contributed by atoms with Gasteiger partial charge in [-0.3, -0.25) is 0 Å². The van der Waals surface area contributed by atoms with Crippen LogP contribution in [-0.4, -0.2) is 5.16 Å². The molecule has 1 aromatic carbocycles. The van der Waals surface area contributed by atoms with Crippen LogP contribution < -0.4 is 5.73 Å². The van der Waals surface area contributed by atoms with E-state index in [1.54, 1.807) is 0 Å². The number of nitrogens with zero attached hydrogens (tertiary/aromatic N) is 1. The maximum Gasteiger partial charge on any atom is 0.167 e. The van der Waals surface area contributed by atoms with Crippen LogP contribution in [0.5, 0.6) is 0 Å². The van der Waals surface area contributed by atoms with Gasteiger partial charge in [0.05, 0.1) is 5.69 Å². The van der Waals surface area contributed by atoms with E-state index in [2.05, 4.69) is 5.16 Å². The quantitative estimate of drug-likeness (QED) is 0.785. The predicted octanol–water partition coefficient (Wildman–Crippen LogP) is 2.11. The largest absolute Gasteiger partial charge is 0.356 e. The SMILES string of the molecule is Cc1cc(-c2ccc(CN)cc2)on1. The molecule has 2 N–H and O–H groups in total. The van der Waals surface area contributed by atoms with Crippen LogP contribution in [0, 0.1) is 6.92 Å². The fourth-order valence-electron chi connectivity index (χ4n) is 1.30. The van der Waals surface area contributed by atoms with E-state index in [1.807, 2.05) is 37.3 Å². The molecule has 14 heavy (non-hydrogen) atoms. The zero-order valence-corrected chi connectivity index (χ0v) is 8.03. The number of hydrogen-bond acceptors (Lipinski definition) is 3. The number of aromatic nitrogens is 1. The molecule has 3 nitrogen and oxygen atoms in total. The maximum atomic E-state index is 5.51. The lowest BCUT2D eigenvalue weighted by molar-refractivity contribution is 0.427. The first-order valence-corrected chi connectivity index (χ1v) is 4.52. The monoisotopic (exact) mass is 188 g/mol. The van der Waals surface area contributed by atoms with Crippen LogP contribution in [0.3, 0.4) is 0 Å². The van der Waals surface area contributed by atoms with Gasteiger partial charge in [-0.2, -0.15) is 0 Å². The predicted molar refractivity (Wildman–Crippen MR) is 54.6 cm³/mol. The average Bonchev–Trinajstić information content (AvgIpc) is 2.65. The Morgan fingerprint density at radius 3 is 2.50 bits per heavy atom. The van der Waals surface area contributed by atoms with Crippen LogP contribution in [0.2, 0.25) is 0 Å². The topological polar surface area (TPSA) is 52.0 Å². The van der Waals surface area contributed by atoms with E-state index in [-0.39, 0.29) is 0 Å². The van der Waals surface area contributed by atoms with Gasteiger partial charge in [-0.1, -0.05) is 29.4 Å². The van der Waals surface area contributed by atoms with Crippen molar-refractivity contribution >= 4 is 0 Å². The van der Waals surface area contributed by atoms with E-state index in [0.29, 0.717) is 6.54 Å². The molecule has 0 unspecified atom stereocenters. The second-order valence-electron chi connectivity index (χ2n) is 3.23. The fraction of sp³-hybridized carbons (Fsp3) is 0.182. The van der Waals surface area contributed by atoms with Crippen molar-refractivity contribution in [3.05, 3.63) is 41.6 Å². The minimum absolute atomic E-state index is 0.565. The number of nitrogens with two attached hydrogens (primary N) is 1. The third-order valence-corrected chi connectivity index (χ3v) is 2.10. The van der Waals surface area contributed by atoms with Gasteiger partial charge in [-0.05, 0) is 12.5 Å². The Kier molecular flexibility index (Phi) is 2.33. The van der Waals surface area contributed by atoms with Gasteiger partial charge < -0.3 is 10.3 Å². The molecule has 0 atom stereocenters. The molecule has 0 aliphatic carbocycles. The molecule has 0 saturated carbocycles. The highest BCUT2D eigenvalue weighted by atomic mass is 16.5. The van der Waals surface area contributed by atoms with Gasteiger partial charge in [0.1, 0.15) is 0 Å². The minimum Gasteiger partial charge on any atom is -0.356 e. The molecule has 0 radical (unpaired) electrons.